The zero-order valence-electron chi connectivity index (χ0n) is 8.95. The van der Waals surface area contributed by atoms with Crippen molar-refractivity contribution < 1.29 is 19.8 Å². The minimum absolute atomic E-state index is 0.227. The predicted molar refractivity (Wildman–Crippen MR) is 55.6 cm³/mol. The first kappa shape index (κ1) is 11.0. The Balaban J connectivity index is 2.15. The molecule has 3 saturated carbocycles. The molecule has 3 aliphatic carbocycles. The maximum Gasteiger partial charge on any atom is 0.381 e. The van der Waals surface area contributed by atoms with Crippen LogP contribution in [0.1, 0.15) is 38.5 Å². The first-order chi connectivity index (χ1) is 7.48. The molecule has 0 unspecified atom stereocenters. The monoisotopic (exact) mass is 222 g/mol. The summed E-state index contributed by atoms with van der Waals surface area (Å²) in [5.74, 6) is 3.22. The Kier molecular flexibility index (Phi) is 2.42. The molecule has 0 spiro atoms. The molecule has 0 radical (unpaired) electrons. The van der Waals surface area contributed by atoms with Crippen molar-refractivity contribution >= 4 is 11.9 Å². The number of carbonyl (C=O) groups is 2. The van der Waals surface area contributed by atoms with Gasteiger partial charge in [-0.15, -0.1) is 0 Å². The molecular formula is C12H14O4. The van der Waals surface area contributed by atoms with Gasteiger partial charge < -0.3 is 10.2 Å². The number of hydrogen-bond donors (Lipinski definition) is 2. The van der Waals surface area contributed by atoms with Gasteiger partial charge in [0.15, 0.2) is 0 Å². The fraction of sp³-hybridized carbons (Fsp3) is 0.667. The van der Waals surface area contributed by atoms with Gasteiger partial charge >= 0.3 is 11.9 Å². The zero-order chi connectivity index (χ0) is 11.8. The Hall–Kier alpha value is -1.50. The lowest BCUT2D eigenvalue weighted by atomic mass is 9.54. The van der Waals surface area contributed by atoms with Crippen molar-refractivity contribution in [3.63, 3.8) is 0 Å². The second-order valence-corrected chi connectivity index (χ2v) is 4.92. The fourth-order valence-electron chi connectivity index (χ4n) is 2.88. The lowest BCUT2D eigenvalue weighted by molar-refractivity contribution is -0.157. The predicted octanol–water partition coefficient (Wildman–Crippen LogP) is 1.50. The summed E-state index contributed by atoms with van der Waals surface area (Å²) in [5.41, 5.74) is -0.776. The molecule has 0 atom stereocenters. The van der Waals surface area contributed by atoms with Crippen LogP contribution >= 0.6 is 0 Å². The second-order valence-electron chi connectivity index (χ2n) is 4.92. The molecule has 2 bridgehead atoms. The summed E-state index contributed by atoms with van der Waals surface area (Å²) in [6.45, 7) is 0. The maximum absolute atomic E-state index is 11.2. The van der Waals surface area contributed by atoms with Gasteiger partial charge in [-0.2, -0.15) is 0 Å². The number of carboxylic acid groups (broad SMARTS) is 2. The van der Waals surface area contributed by atoms with Gasteiger partial charge in [-0.1, -0.05) is 5.92 Å². The highest BCUT2D eigenvalue weighted by Crippen LogP contribution is 2.56. The van der Waals surface area contributed by atoms with Crippen LogP contribution in [0.4, 0.5) is 0 Å². The van der Waals surface area contributed by atoms with Crippen LogP contribution in [-0.4, -0.2) is 22.2 Å². The molecule has 16 heavy (non-hydrogen) atoms. The topological polar surface area (TPSA) is 74.6 Å². The first-order valence-corrected chi connectivity index (χ1v) is 5.48. The molecule has 0 amide bonds. The molecule has 0 aromatic rings. The van der Waals surface area contributed by atoms with Crippen molar-refractivity contribution in [3.8, 4) is 11.8 Å². The molecule has 0 aromatic carbocycles. The van der Waals surface area contributed by atoms with Gasteiger partial charge in [-0.3, -0.25) is 4.79 Å². The summed E-state index contributed by atoms with van der Waals surface area (Å²) >= 11 is 0. The van der Waals surface area contributed by atoms with Gasteiger partial charge in [0.1, 0.15) is 0 Å². The molecule has 2 N–H and O–H groups in total. The van der Waals surface area contributed by atoms with Crippen molar-refractivity contribution in [2.45, 2.75) is 38.5 Å². The highest BCUT2D eigenvalue weighted by molar-refractivity contribution is 5.86. The minimum atomic E-state index is -1.10. The molecule has 0 heterocycles. The van der Waals surface area contributed by atoms with E-state index < -0.39 is 17.4 Å². The van der Waals surface area contributed by atoms with E-state index in [0.717, 1.165) is 19.3 Å². The van der Waals surface area contributed by atoms with Crippen LogP contribution in [0.15, 0.2) is 0 Å². The molecular weight excluding hydrogens is 208 g/mol. The third kappa shape index (κ3) is 1.67. The summed E-state index contributed by atoms with van der Waals surface area (Å²) in [7, 11) is 0. The van der Waals surface area contributed by atoms with Gasteiger partial charge in [0.25, 0.3) is 0 Å². The average molecular weight is 222 g/mol. The number of rotatable bonds is 1. The molecule has 0 saturated heterocycles. The average Bonchev–Trinajstić information content (AvgIpc) is 2.29. The number of hydrogen-bond acceptors (Lipinski definition) is 2. The Bertz CT molecular complexity index is 374. The van der Waals surface area contributed by atoms with E-state index in [1.807, 2.05) is 0 Å². The van der Waals surface area contributed by atoms with E-state index in [1.165, 1.54) is 0 Å². The second kappa shape index (κ2) is 3.51. The van der Waals surface area contributed by atoms with E-state index >= 15 is 0 Å². The van der Waals surface area contributed by atoms with Crippen molar-refractivity contribution in [1.82, 2.24) is 0 Å². The number of fused-ring (bicyclic) bond motifs is 3. The van der Waals surface area contributed by atoms with Gasteiger partial charge in [0.05, 0.1) is 5.41 Å². The molecule has 3 fully saturated rings. The first-order valence-electron chi connectivity index (χ1n) is 5.48. The summed E-state index contributed by atoms with van der Waals surface area (Å²) in [5, 5.41) is 17.7. The van der Waals surface area contributed by atoms with Crippen LogP contribution in [0.2, 0.25) is 0 Å². The van der Waals surface area contributed by atoms with Crippen LogP contribution in [-0.2, 0) is 9.59 Å². The van der Waals surface area contributed by atoms with Crippen molar-refractivity contribution in [2.24, 2.45) is 10.8 Å². The van der Waals surface area contributed by atoms with Crippen LogP contribution in [0, 0.1) is 22.7 Å². The zero-order valence-corrected chi connectivity index (χ0v) is 8.95. The highest BCUT2D eigenvalue weighted by Gasteiger charge is 2.52. The lowest BCUT2D eigenvalue weighted by Crippen LogP contribution is -2.45. The van der Waals surface area contributed by atoms with Gasteiger partial charge in [-0.25, -0.2) is 4.79 Å². The third-order valence-electron chi connectivity index (χ3n) is 4.13. The fourth-order valence-corrected chi connectivity index (χ4v) is 2.88. The third-order valence-corrected chi connectivity index (χ3v) is 4.13. The summed E-state index contributed by atoms with van der Waals surface area (Å²) in [4.78, 5) is 21.6. The molecule has 4 heteroatoms. The molecule has 0 aliphatic heterocycles. The Morgan fingerprint density at radius 3 is 1.81 bits per heavy atom. The standard InChI is InChI=1S/C12H14O4/c13-9(14)1-2-11-3-6-12(7-4-11,8-5-11)10(15)16/h3-8H2,(H,13,14)(H,15,16). The molecule has 4 nitrogen and oxygen atoms in total. The van der Waals surface area contributed by atoms with Gasteiger partial charge in [-0.05, 0) is 38.5 Å². The van der Waals surface area contributed by atoms with E-state index in [1.54, 1.807) is 0 Å². The van der Waals surface area contributed by atoms with E-state index in [0.29, 0.717) is 19.3 Å². The van der Waals surface area contributed by atoms with Crippen molar-refractivity contribution in [2.75, 3.05) is 0 Å². The quantitative estimate of drug-likeness (QED) is 0.659. The molecule has 0 aromatic heterocycles. The van der Waals surface area contributed by atoms with Crippen molar-refractivity contribution in [3.05, 3.63) is 0 Å². The van der Waals surface area contributed by atoms with Crippen LogP contribution < -0.4 is 0 Å². The molecule has 3 aliphatic rings. The van der Waals surface area contributed by atoms with E-state index in [9.17, 15) is 14.7 Å². The van der Waals surface area contributed by atoms with E-state index in [2.05, 4.69) is 11.8 Å². The summed E-state index contributed by atoms with van der Waals surface area (Å²) in [6, 6.07) is 0. The smallest absolute Gasteiger partial charge is 0.381 e. The molecule has 3 rings (SSSR count). The summed E-state index contributed by atoms with van der Waals surface area (Å²) < 4.78 is 0. The lowest BCUT2D eigenvalue weighted by Gasteiger charge is -2.48. The van der Waals surface area contributed by atoms with Crippen LogP contribution in [0.3, 0.4) is 0 Å². The van der Waals surface area contributed by atoms with Crippen molar-refractivity contribution in [1.29, 1.82) is 0 Å². The summed E-state index contributed by atoms with van der Waals surface area (Å²) in [6.07, 6.45) is 4.07. The van der Waals surface area contributed by atoms with Gasteiger partial charge in [0.2, 0.25) is 0 Å². The maximum atomic E-state index is 11.2. The van der Waals surface area contributed by atoms with Gasteiger partial charge in [0, 0.05) is 11.3 Å². The minimum Gasteiger partial charge on any atom is -0.481 e. The Morgan fingerprint density at radius 2 is 1.44 bits per heavy atom. The number of carboxylic acids is 2. The Labute approximate surface area is 93.7 Å². The molecule has 86 valence electrons. The largest absolute Gasteiger partial charge is 0.481 e. The van der Waals surface area contributed by atoms with E-state index in [-0.39, 0.29) is 5.41 Å². The highest BCUT2D eigenvalue weighted by atomic mass is 16.4. The normalized spacial score (nSPS) is 36.2. The van der Waals surface area contributed by atoms with Crippen LogP contribution in [0.5, 0.6) is 0 Å². The van der Waals surface area contributed by atoms with E-state index in [4.69, 9.17) is 5.11 Å². The Morgan fingerprint density at radius 1 is 0.938 bits per heavy atom. The van der Waals surface area contributed by atoms with Crippen LogP contribution in [0.25, 0.3) is 0 Å². The SMILES string of the molecule is O=C(O)C#CC12CCC(C(=O)O)(CC1)CC2. The number of aliphatic carboxylic acids is 2.